The first kappa shape index (κ1) is 16.0. The Labute approximate surface area is 133 Å². The zero-order chi connectivity index (χ0) is 15.8. The number of hydrogen-bond donors (Lipinski definition) is 0. The third-order valence-electron chi connectivity index (χ3n) is 3.03. The molecule has 0 aliphatic carbocycles. The first-order valence-electron chi connectivity index (χ1n) is 6.73. The molecule has 2 aromatic rings. The van der Waals surface area contributed by atoms with E-state index in [-0.39, 0.29) is 5.91 Å². The number of carbonyl (C=O) groups is 1. The number of aromatic nitrogens is 1. The molecule has 1 heterocycles. The van der Waals surface area contributed by atoms with Crippen molar-refractivity contribution in [1.82, 2.24) is 4.57 Å². The highest BCUT2D eigenvalue weighted by Gasteiger charge is 2.21. The first-order valence-corrected chi connectivity index (χ1v) is 7.93. The number of amides is 1. The normalized spacial score (nSPS) is 12.8. The highest BCUT2D eigenvalue weighted by Crippen LogP contribution is 2.20. The number of halogens is 1. The molecule has 1 aromatic heterocycles. The second-order valence-electron chi connectivity index (χ2n) is 6.09. The molecule has 0 N–H and O–H groups in total. The van der Waals surface area contributed by atoms with Crippen LogP contribution in [0.5, 0.6) is 0 Å². The van der Waals surface area contributed by atoms with Crippen molar-refractivity contribution < 1.29 is 4.79 Å². The van der Waals surface area contributed by atoms with Crippen LogP contribution >= 0.6 is 22.9 Å². The molecule has 0 aliphatic rings. The Morgan fingerprint density at radius 1 is 1.29 bits per heavy atom. The highest BCUT2D eigenvalue weighted by molar-refractivity contribution is 7.09. The lowest BCUT2D eigenvalue weighted by atomic mass is 9.96. The molecule has 1 amide bonds. The zero-order valence-corrected chi connectivity index (χ0v) is 14.5. The first-order chi connectivity index (χ1) is 9.68. The fraction of sp³-hybridized carbons (Fsp3) is 0.375. The summed E-state index contributed by atoms with van der Waals surface area (Å²) in [6, 6.07) is 5.79. The zero-order valence-electron chi connectivity index (χ0n) is 12.9. The molecule has 0 saturated carbocycles. The average molecular weight is 323 g/mol. The maximum Gasteiger partial charge on any atom is 0.253 e. The van der Waals surface area contributed by atoms with Crippen LogP contribution in [0.3, 0.4) is 0 Å². The number of thiazole rings is 1. The predicted octanol–water partition coefficient (Wildman–Crippen LogP) is 4.28. The monoisotopic (exact) mass is 322 g/mol. The van der Waals surface area contributed by atoms with Gasteiger partial charge in [-0.05, 0) is 37.6 Å². The number of carbonyl (C=O) groups excluding carboxylic acids is 1. The standard InChI is InChI=1S/C16H19ClN2OS/c1-10-8-12(6-7-13(10)17)19-9-11(2)21-15(19)18-14(20)16(3,4)5/h6-9H,1-5H3/b18-15-. The van der Waals surface area contributed by atoms with Crippen LogP contribution in [0, 0.1) is 19.3 Å². The summed E-state index contributed by atoms with van der Waals surface area (Å²) in [5.74, 6) is -0.121. The molecule has 21 heavy (non-hydrogen) atoms. The van der Waals surface area contributed by atoms with Gasteiger partial charge in [0, 0.05) is 27.2 Å². The Morgan fingerprint density at radius 3 is 2.52 bits per heavy atom. The summed E-state index contributed by atoms with van der Waals surface area (Å²) in [6.07, 6.45) is 1.99. The molecular formula is C16H19ClN2OS. The van der Waals surface area contributed by atoms with E-state index in [9.17, 15) is 4.79 Å². The Bertz CT molecular complexity index is 750. The van der Waals surface area contributed by atoms with Crippen LogP contribution < -0.4 is 4.80 Å². The topological polar surface area (TPSA) is 34.4 Å². The molecule has 112 valence electrons. The average Bonchev–Trinajstić information content (AvgIpc) is 2.72. The molecule has 5 heteroatoms. The largest absolute Gasteiger partial charge is 0.292 e. The molecular weight excluding hydrogens is 304 g/mol. The van der Waals surface area contributed by atoms with Crippen LogP contribution in [0.15, 0.2) is 29.4 Å². The lowest BCUT2D eigenvalue weighted by Crippen LogP contribution is -2.22. The molecule has 0 saturated heterocycles. The number of benzene rings is 1. The molecule has 0 spiro atoms. The van der Waals surface area contributed by atoms with Crippen LogP contribution in [0.25, 0.3) is 5.69 Å². The fourth-order valence-corrected chi connectivity index (χ4v) is 2.70. The van der Waals surface area contributed by atoms with E-state index in [0.717, 1.165) is 21.2 Å². The van der Waals surface area contributed by atoms with E-state index in [1.807, 2.05) is 63.6 Å². The van der Waals surface area contributed by atoms with Gasteiger partial charge in [0.2, 0.25) is 0 Å². The van der Waals surface area contributed by atoms with Crippen molar-refractivity contribution in [3.8, 4) is 5.69 Å². The summed E-state index contributed by atoms with van der Waals surface area (Å²) >= 11 is 7.58. The molecule has 0 bridgehead atoms. The van der Waals surface area contributed by atoms with Gasteiger partial charge in [0.1, 0.15) is 0 Å². The number of hydrogen-bond acceptors (Lipinski definition) is 2. The molecule has 0 fully saturated rings. The minimum absolute atomic E-state index is 0.121. The van der Waals surface area contributed by atoms with Crippen molar-refractivity contribution in [2.24, 2.45) is 10.4 Å². The molecule has 0 aliphatic heterocycles. The summed E-state index contributed by atoms with van der Waals surface area (Å²) in [6.45, 7) is 9.58. The van der Waals surface area contributed by atoms with E-state index in [4.69, 9.17) is 11.6 Å². The van der Waals surface area contributed by atoms with Gasteiger partial charge in [-0.3, -0.25) is 9.36 Å². The van der Waals surface area contributed by atoms with E-state index in [1.54, 1.807) is 0 Å². The quantitative estimate of drug-likeness (QED) is 0.771. The Hall–Kier alpha value is -1.39. The van der Waals surface area contributed by atoms with Gasteiger partial charge >= 0.3 is 0 Å². The van der Waals surface area contributed by atoms with Crippen molar-refractivity contribution in [1.29, 1.82) is 0 Å². The number of nitrogens with zero attached hydrogens (tertiary/aromatic N) is 2. The molecule has 0 unspecified atom stereocenters. The summed E-state index contributed by atoms with van der Waals surface area (Å²) < 4.78 is 1.94. The van der Waals surface area contributed by atoms with Gasteiger partial charge in [-0.15, -0.1) is 11.3 Å². The second-order valence-corrected chi connectivity index (χ2v) is 7.72. The Morgan fingerprint density at radius 2 is 1.95 bits per heavy atom. The van der Waals surface area contributed by atoms with Crippen LogP contribution in [-0.4, -0.2) is 10.5 Å². The summed E-state index contributed by atoms with van der Waals surface area (Å²) in [5.41, 5.74) is 1.48. The Kier molecular flexibility index (Phi) is 4.40. The second kappa shape index (κ2) is 5.78. The summed E-state index contributed by atoms with van der Waals surface area (Å²) in [4.78, 5) is 18.2. The van der Waals surface area contributed by atoms with E-state index in [0.29, 0.717) is 4.80 Å². The van der Waals surface area contributed by atoms with Gasteiger partial charge in [-0.1, -0.05) is 32.4 Å². The van der Waals surface area contributed by atoms with Crippen molar-refractivity contribution in [3.05, 3.63) is 44.7 Å². The van der Waals surface area contributed by atoms with Gasteiger partial charge in [0.05, 0.1) is 0 Å². The third kappa shape index (κ3) is 3.63. The lowest BCUT2D eigenvalue weighted by molar-refractivity contribution is -0.125. The maximum absolute atomic E-state index is 12.2. The van der Waals surface area contributed by atoms with Crippen LogP contribution in [0.1, 0.15) is 31.2 Å². The van der Waals surface area contributed by atoms with E-state index in [1.165, 1.54) is 11.3 Å². The predicted molar refractivity (Wildman–Crippen MR) is 88.2 cm³/mol. The van der Waals surface area contributed by atoms with E-state index >= 15 is 0 Å². The summed E-state index contributed by atoms with van der Waals surface area (Å²) in [7, 11) is 0. The van der Waals surface area contributed by atoms with Gasteiger partial charge in [-0.2, -0.15) is 4.99 Å². The lowest BCUT2D eigenvalue weighted by Gasteiger charge is -2.12. The SMILES string of the molecule is Cc1cn(-c2ccc(Cl)c(C)c2)/c(=N/C(=O)C(C)(C)C)s1. The molecule has 2 rings (SSSR count). The smallest absolute Gasteiger partial charge is 0.253 e. The maximum atomic E-state index is 12.2. The number of aryl methyl sites for hydroxylation is 2. The minimum Gasteiger partial charge on any atom is -0.292 e. The van der Waals surface area contributed by atoms with Gasteiger partial charge in [-0.25, -0.2) is 0 Å². The summed E-state index contributed by atoms with van der Waals surface area (Å²) in [5, 5.41) is 0.732. The van der Waals surface area contributed by atoms with Crippen molar-refractivity contribution >= 4 is 28.8 Å². The van der Waals surface area contributed by atoms with Crippen LogP contribution in [0.2, 0.25) is 5.02 Å². The van der Waals surface area contributed by atoms with E-state index < -0.39 is 5.41 Å². The van der Waals surface area contributed by atoms with Crippen molar-refractivity contribution in [3.63, 3.8) is 0 Å². The Balaban J connectivity index is 2.58. The minimum atomic E-state index is -0.481. The van der Waals surface area contributed by atoms with Gasteiger partial charge < -0.3 is 0 Å². The number of rotatable bonds is 1. The molecule has 0 radical (unpaired) electrons. The van der Waals surface area contributed by atoms with Gasteiger partial charge in [0.25, 0.3) is 5.91 Å². The molecule has 3 nitrogen and oxygen atoms in total. The third-order valence-corrected chi connectivity index (χ3v) is 4.35. The highest BCUT2D eigenvalue weighted by atomic mass is 35.5. The van der Waals surface area contributed by atoms with Gasteiger partial charge in [0.15, 0.2) is 4.80 Å². The van der Waals surface area contributed by atoms with E-state index in [2.05, 4.69) is 4.99 Å². The van der Waals surface area contributed by atoms with Crippen LogP contribution in [0.4, 0.5) is 0 Å². The van der Waals surface area contributed by atoms with Crippen LogP contribution in [-0.2, 0) is 4.79 Å². The van der Waals surface area contributed by atoms with Crippen molar-refractivity contribution in [2.45, 2.75) is 34.6 Å². The molecule has 1 aromatic carbocycles. The fourth-order valence-electron chi connectivity index (χ4n) is 1.75. The molecule has 0 atom stereocenters. The van der Waals surface area contributed by atoms with Crippen molar-refractivity contribution in [2.75, 3.05) is 0 Å².